The summed E-state index contributed by atoms with van der Waals surface area (Å²) in [7, 11) is 0. The minimum absolute atomic E-state index is 0.000272. The molecule has 20 N–H and O–H groups in total. The van der Waals surface area contributed by atoms with E-state index < -0.39 is 145 Å². The number of aromatic amines is 1. The van der Waals surface area contributed by atoms with Gasteiger partial charge < -0.3 is 90.3 Å². The topological polar surface area (TPSA) is 474 Å². The number of aliphatic imine (C=N–C) groups is 1. The van der Waals surface area contributed by atoms with Gasteiger partial charge in [0.05, 0.1) is 19.6 Å². The van der Waals surface area contributed by atoms with E-state index in [1.807, 2.05) is 0 Å². The van der Waals surface area contributed by atoms with Gasteiger partial charge in [-0.15, -0.1) is 0 Å². The van der Waals surface area contributed by atoms with Crippen LogP contribution in [0.2, 0.25) is 0 Å². The second kappa shape index (κ2) is 33.4. The predicted octanol–water partition coefficient (Wildman–Crippen LogP) is -2.40. The number of para-hydroxylation sites is 1. The van der Waals surface area contributed by atoms with Crippen molar-refractivity contribution in [3.05, 3.63) is 65.9 Å². The monoisotopic (exact) mass is 1150 g/mol. The Morgan fingerprint density at radius 2 is 1.09 bits per heavy atom. The molecule has 1 heterocycles. The molecule has 0 aliphatic heterocycles. The molecule has 1 aromatic heterocycles. The highest BCUT2D eigenvalue weighted by molar-refractivity contribution is 5.99. The van der Waals surface area contributed by atoms with Crippen LogP contribution in [0.4, 0.5) is 0 Å². The first-order chi connectivity index (χ1) is 38.7. The van der Waals surface area contributed by atoms with E-state index >= 15 is 0 Å². The third-order valence-electron chi connectivity index (χ3n) is 13.6. The van der Waals surface area contributed by atoms with Gasteiger partial charge >= 0.3 is 11.9 Å². The van der Waals surface area contributed by atoms with Crippen molar-refractivity contribution in [1.82, 2.24) is 47.5 Å². The number of amides is 8. The number of carbonyl (C=O) groups is 10. The fourth-order valence-corrected chi connectivity index (χ4v) is 8.47. The van der Waals surface area contributed by atoms with E-state index in [1.54, 1.807) is 72.0 Å². The van der Waals surface area contributed by atoms with Gasteiger partial charge in [0.2, 0.25) is 47.3 Å². The first-order valence-corrected chi connectivity index (χ1v) is 27.0. The molecule has 452 valence electrons. The normalized spacial score (nSPS) is 15.2. The number of benzene rings is 2. The molecular formula is C54H81N13O15. The number of aliphatic hydroxyl groups excluding tert-OH is 2. The molecule has 0 spiro atoms. The zero-order valence-corrected chi connectivity index (χ0v) is 46.9. The molecule has 2 aromatic carbocycles. The number of guanidine groups is 1. The van der Waals surface area contributed by atoms with Crippen molar-refractivity contribution in [2.45, 2.75) is 147 Å². The number of hydrogen-bond acceptors (Lipinski definition) is 15. The number of phenolic OH excluding ortho intramolecular Hbond substituents is 1. The number of nitrogens with one attached hydrogen (secondary N) is 9. The van der Waals surface area contributed by atoms with Gasteiger partial charge in [0, 0.05) is 36.5 Å². The van der Waals surface area contributed by atoms with Gasteiger partial charge in [-0.1, -0.05) is 84.7 Å². The third-order valence-corrected chi connectivity index (χ3v) is 13.6. The summed E-state index contributed by atoms with van der Waals surface area (Å²) in [4.78, 5) is 143. The number of carboxylic acid groups (broad SMARTS) is 2. The zero-order valence-electron chi connectivity index (χ0n) is 46.9. The highest BCUT2D eigenvalue weighted by atomic mass is 16.4. The maximum absolute atomic E-state index is 14.3. The number of rotatable bonds is 35. The van der Waals surface area contributed by atoms with Crippen LogP contribution in [0.15, 0.2) is 59.7 Å². The standard InChI is InChI=1S/C54H81N13O15/c1-7-28(5)43(52(80)67-44(53(81)82)29(6)8-2)66-50(78)37(20-27(3)4)62-46(74)36(14-11-19-58-54(56)57)60-49(77)40(23-42(71)72)64-51(79)41(26-69)65-48(76)39(22-31-24-59-35-13-10-9-12-33(31)35)63-47(75)38(61-45(73)34(55)25-68)21-30-15-17-32(70)18-16-30/h9-10,12-13,15-18,24,27-29,34,36-41,43-44,59,68-70H,7-8,11,14,19-23,25-26,55H2,1-6H3,(H,60,77)(H,61,73)(H,62,74)(H,63,75)(H,64,79)(H,65,76)(H,66,78)(H,67,80)(H,71,72)(H,81,82)(H4,56,57,58). The number of aliphatic hydroxyl groups is 2. The van der Waals surface area contributed by atoms with Crippen molar-refractivity contribution < 1.29 is 73.5 Å². The molecule has 0 saturated heterocycles. The van der Waals surface area contributed by atoms with E-state index in [0.717, 1.165) is 0 Å². The molecule has 82 heavy (non-hydrogen) atoms. The van der Waals surface area contributed by atoms with Gasteiger partial charge in [-0.3, -0.25) is 48.1 Å². The van der Waals surface area contributed by atoms with Crippen LogP contribution in [-0.2, 0) is 60.8 Å². The zero-order chi connectivity index (χ0) is 61.4. The summed E-state index contributed by atoms with van der Waals surface area (Å²) in [6.07, 6.45) is 0.620. The number of carbonyl (C=O) groups excluding carboxylic acids is 8. The van der Waals surface area contributed by atoms with Crippen LogP contribution in [0.3, 0.4) is 0 Å². The number of nitrogens with zero attached hydrogens (tertiary/aromatic N) is 1. The number of H-pyrrole nitrogens is 1. The molecule has 0 saturated carbocycles. The molecule has 3 rings (SSSR count). The Morgan fingerprint density at radius 3 is 1.66 bits per heavy atom. The van der Waals surface area contributed by atoms with E-state index in [0.29, 0.717) is 34.9 Å². The molecule has 11 atom stereocenters. The molecular weight excluding hydrogens is 1070 g/mol. The fourth-order valence-electron chi connectivity index (χ4n) is 8.47. The first-order valence-electron chi connectivity index (χ1n) is 27.0. The van der Waals surface area contributed by atoms with E-state index in [1.165, 1.54) is 24.3 Å². The van der Waals surface area contributed by atoms with Crippen molar-refractivity contribution >= 4 is 76.1 Å². The average molecular weight is 1150 g/mol. The lowest BCUT2D eigenvalue weighted by Gasteiger charge is -2.30. The van der Waals surface area contributed by atoms with Crippen molar-refractivity contribution in [3.8, 4) is 5.75 Å². The molecule has 11 unspecified atom stereocenters. The summed E-state index contributed by atoms with van der Waals surface area (Å²) < 4.78 is 0. The Kier molecular flexibility index (Phi) is 27.7. The van der Waals surface area contributed by atoms with Gasteiger partial charge in [0.1, 0.15) is 60.1 Å². The average Bonchev–Trinajstić information content (AvgIpc) is 3.89. The lowest BCUT2D eigenvalue weighted by molar-refractivity contribution is -0.144. The van der Waals surface area contributed by atoms with E-state index in [9.17, 15) is 73.5 Å². The van der Waals surface area contributed by atoms with Crippen LogP contribution in [0.5, 0.6) is 5.75 Å². The second-order valence-electron chi connectivity index (χ2n) is 20.5. The van der Waals surface area contributed by atoms with Gasteiger partial charge in [0.15, 0.2) is 5.96 Å². The van der Waals surface area contributed by atoms with Gasteiger partial charge in [0.25, 0.3) is 0 Å². The predicted molar refractivity (Wildman–Crippen MR) is 300 cm³/mol. The second-order valence-corrected chi connectivity index (χ2v) is 20.5. The van der Waals surface area contributed by atoms with Crippen LogP contribution in [0.1, 0.15) is 91.2 Å². The number of carboxylic acids is 2. The van der Waals surface area contributed by atoms with Crippen LogP contribution >= 0.6 is 0 Å². The summed E-state index contributed by atoms with van der Waals surface area (Å²) in [5.41, 5.74) is 18.3. The Balaban J connectivity index is 1.95. The highest BCUT2D eigenvalue weighted by Gasteiger charge is 2.37. The Morgan fingerprint density at radius 1 is 0.585 bits per heavy atom. The fraction of sp³-hybridized carbons (Fsp3) is 0.537. The molecule has 0 aliphatic rings. The molecule has 0 radical (unpaired) electrons. The van der Waals surface area contributed by atoms with Crippen molar-refractivity contribution in [1.29, 1.82) is 0 Å². The van der Waals surface area contributed by atoms with Gasteiger partial charge in [-0.25, -0.2) is 4.79 Å². The van der Waals surface area contributed by atoms with Gasteiger partial charge in [-0.2, -0.15) is 0 Å². The maximum Gasteiger partial charge on any atom is 0.326 e. The number of phenols is 1. The molecule has 3 aromatic rings. The van der Waals surface area contributed by atoms with Crippen molar-refractivity contribution in [3.63, 3.8) is 0 Å². The summed E-state index contributed by atoms with van der Waals surface area (Å²) in [6.45, 7) is 8.38. The summed E-state index contributed by atoms with van der Waals surface area (Å²) in [6, 6.07) is -1.18. The quantitative estimate of drug-likeness (QED) is 0.0166. The SMILES string of the molecule is CCC(C)C(NC(=O)C(NC(=O)C(CC(C)C)NC(=O)C(CCCN=C(N)N)NC(=O)C(CC(=O)O)NC(=O)C(CO)NC(=O)C(Cc1c[nH]c2ccccc12)NC(=O)C(Cc1ccc(O)cc1)NC(=O)C(N)CO)C(C)CC)C(=O)O. The molecule has 0 fully saturated rings. The van der Waals surface area contributed by atoms with E-state index in [2.05, 4.69) is 52.5 Å². The van der Waals surface area contributed by atoms with E-state index in [4.69, 9.17) is 17.2 Å². The molecule has 28 nitrogen and oxygen atoms in total. The number of nitrogens with two attached hydrogens (primary N) is 3. The molecule has 0 bridgehead atoms. The van der Waals surface area contributed by atoms with Crippen molar-refractivity contribution in [2.75, 3.05) is 19.8 Å². The Labute approximate surface area is 474 Å². The van der Waals surface area contributed by atoms with Crippen LogP contribution in [0.25, 0.3) is 10.9 Å². The highest BCUT2D eigenvalue weighted by Crippen LogP contribution is 2.20. The smallest absolute Gasteiger partial charge is 0.326 e. The summed E-state index contributed by atoms with van der Waals surface area (Å²) in [5.74, 6) is -12.5. The van der Waals surface area contributed by atoms with Crippen LogP contribution in [0, 0.1) is 17.8 Å². The molecule has 0 aliphatic carbocycles. The third kappa shape index (κ3) is 21.6. The summed E-state index contributed by atoms with van der Waals surface area (Å²) in [5, 5.41) is 70.2. The van der Waals surface area contributed by atoms with Crippen LogP contribution in [-0.4, -0.2) is 170 Å². The van der Waals surface area contributed by atoms with E-state index in [-0.39, 0.29) is 56.3 Å². The van der Waals surface area contributed by atoms with Crippen molar-refractivity contribution in [2.24, 2.45) is 39.9 Å². The minimum Gasteiger partial charge on any atom is -0.508 e. The number of aliphatic carboxylic acids is 2. The first kappa shape index (κ1) is 67.9. The molecule has 8 amide bonds. The lowest BCUT2D eigenvalue weighted by atomic mass is 9.94. The van der Waals surface area contributed by atoms with Crippen LogP contribution < -0.4 is 59.7 Å². The lowest BCUT2D eigenvalue weighted by Crippen LogP contribution is -2.61. The largest absolute Gasteiger partial charge is 0.508 e. The summed E-state index contributed by atoms with van der Waals surface area (Å²) >= 11 is 0. The number of aromatic hydroxyl groups is 1. The Hall–Kier alpha value is -8.37. The van der Waals surface area contributed by atoms with Gasteiger partial charge in [-0.05, 0) is 66.3 Å². The number of hydrogen-bond donors (Lipinski definition) is 17. The number of aromatic nitrogens is 1. The molecule has 28 heteroatoms. The minimum atomic E-state index is -1.99. The number of fused-ring (bicyclic) bond motifs is 1. The maximum atomic E-state index is 14.3. The Bertz CT molecular complexity index is 2700.